The molecular weight excluding hydrogens is 917 g/mol. The summed E-state index contributed by atoms with van der Waals surface area (Å²) >= 11 is 3.13. The molecule has 16 nitrogen and oxygen atoms in total. The smallest absolute Gasteiger partial charge is 0.256 e. The van der Waals surface area contributed by atoms with E-state index in [9.17, 15) is 9.59 Å². The van der Waals surface area contributed by atoms with E-state index in [0.717, 1.165) is 88.9 Å². The number of carbonyl (C=O) groups is 2. The van der Waals surface area contributed by atoms with E-state index >= 15 is 0 Å². The van der Waals surface area contributed by atoms with Crippen molar-refractivity contribution in [1.29, 1.82) is 0 Å². The van der Waals surface area contributed by atoms with Gasteiger partial charge in [-0.25, -0.2) is 19.9 Å². The third kappa shape index (κ3) is 9.39. The summed E-state index contributed by atoms with van der Waals surface area (Å²) in [5.41, 5.74) is 25.6. The Kier molecular flexibility index (Phi) is 12.2. The first-order valence-electron chi connectivity index (χ1n) is 22.6. The molecule has 12 rings (SSSR count). The summed E-state index contributed by atoms with van der Waals surface area (Å²) in [4.78, 5) is 56.8. The van der Waals surface area contributed by atoms with Gasteiger partial charge in [0.2, 0.25) is 0 Å². The Labute approximate surface area is 408 Å². The fraction of sp³-hybridized carbons (Fsp3) is 0.115. The first kappa shape index (κ1) is 44.1. The second kappa shape index (κ2) is 19.3. The molecule has 0 unspecified atom stereocenters. The number of aromatic nitrogens is 8. The number of benzene rings is 4. The number of aromatic amines is 4. The highest BCUT2D eigenvalue weighted by molar-refractivity contribution is 7.19. The first-order valence-corrected chi connectivity index (χ1v) is 24.2. The Morgan fingerprint density at radius 2 is 1.03 bits per heavy atom. The van der Waals surface area contributed by atoms with Crippen LogP contribution >= 0.6 is 22.7 Å². The number of anilines is 4. The molecule has 12 N–H and O–H groups in total. The largest absolute Gasteiger partial charge is 0.361 e. The highest BCUT2D eigenvalue weighted by Gasteiger charge is 2.26. The summed E-state index contributed by atoms with van der Waals surface area (Å²) in [6.07, 6.45) is 19.5. The molecule has 18 heteroatoms. The Balaban J connectivity index is 0.000000152. The summed E-state index contributed by atoms with van der Waals surface area (Å²) in [6, 6.07) is 28.3. The number of imidazole rings is 2. The van der Waals surface area contributed by atoms with Crippen LogP contribution in [0.4, 0.5) is 21.6 Å². The van der Waals surface area contributed by atoms with Crippen LogP contribution in [0, 0.1) is 0 Å². The van der Waals surface area contributed by atoms with E-state index in [1.165, 1.54) is 21.9 Å². The molecule has 2 amide bonds. The van der Waals surface area contributed by atoms with Gasteiger partial charge in [0.05, 0.1) is 57.3 Å². The molecule has 2 atom stereocenters. The fourth-order valence-corrected chi connectivity index (χ4v) is 10.3. The fourth-order valence-electron chi connectivity index (χ4n) is 8.70. The van der Waals surface area contributed by atoms with Gasteiger partial charge in [0.15, 0.2) is 10.3 Å². The third-order valence-corrected chi connectivity index (χ3v) is 14.2. The van der Waals surface area contributed by atoms with Crippen molar-refractivity contribution in [3.63, 3.8) is 0 Å². The van der Waals surface area contributed by atoms with Crippen LogP contribution in [0.2, 0.25) is 0 Å². The molecule has 348 valence electrons. The number of hydrogen-bond acceptors (Lipinski definition) is 12. The number of para-hydroxylation sites is 2. The number of nitrogens with one attached hydrogen (secondary N) is 8. The highest BCUT2D eigenvalue weighted by Crippen LogP contribution is 2.40. The molecule has 0 spiro atoms. The maximum absolute atomic E-state index is 12.5. The van der Waals surface area contributed by atoms with E-state index in [1.54, 1.807) is 47.7 Å². The van der Waals surface area contributed by atoms with Gasteiger partial charge in [-0.05, 0) is 83.6 Å². The van der Waals surface area contributed by atoms with Gasteiger partial charge in [-0.15, -0.1) is 0 Å². The topological polar surface area (TPSA) is 249 Å². The van der Waals surface area contributed by atoms with Gasteiger partial charge in [-0.2, -0.15) is 0 Å². The van der Waals surface area contributed by atoms with Gasteiger partial charge in [0.25, 0.3) is 11.8 Å². The van der Waals surface area contributed by atoms with Crippen molar-refractivity contribution in [2.75, 3.05) is 34.4 Å². The molecule has 0 radical (unpaired) electrons. The van der Waals surface area contributed by atoms with E-state index in [1.807, 2.05) is 97.6 Å². The minimum atomic E-state index is -0.123. The van der Waals surface area contributed by atoms with Crippen LogP contribution in [-0.2, 0) is 22.4 Å². The van der Waals surface area contributed by atoms with E-state index in [-0.39, 0.29) is 23.9 Å². The lowest BCUT2D eigenvalue weighted by atomic mass is 10.0. The van der Waals surface area contributed by atoms with Gasteiger partial charge >= 0.3 is 0 Å². The summed E-state index contributed by atoms with van der Waals surface area (Å²) in [5, 5.41) is 16.7. The standard InChI is InChI=1S/2C26H23N7OS/c2*27-17(7-16-10-29-22-4-2-1-3-19(16)22)11-30-26-31-13-24(35-26)15-5-6-23-20(8-15)21(25(34)33-23)9-18-12-28-14-32-18/h2*1-6,8-10,12-14,17,29H,7,11,27H2,(H,28,32)(H,30,31)(H,33,34)/b21-9+;21-9-/t2*17-/m00/s1. The molecule has 4 aromatic carbocycles. The number of rotatable bonds is 14. The van der Waals surface area contributed by atoms with E-state index < -0.39 is 0 Å². The van der Waals surface area contributed by atoms with Crippen LogP contribution in [-0.4, -0.2) is 76.9 Å². The molecule has 70 heavy (non-hydrogen) atoms. The van der Waals surface area contributed by atoms with Crippen LogP contribution in [0.25, 0.3) is 66.0 Å². The minimum Gasteiger partial charge on any atom is -0.361 e. The van der Waals surface area contributed by atoms with Gasteiger partial charge in [0, 0.05) is 94.3 Å². The van der Waals surface area contributed by atoms with Crippen molar-refractivity contribution >= 4 is 101 Å². The summed E-state index contributed by atoms with van der Waals surface area (Å²) < 4.78 is 0. The average molecular weight is 963 g/mol. The minimum absolute atomic E-state index is 0.0474. The van der Waals surface area contributed by atoms with Crippen molar-refractivity contribution in [1.82, 2.24) is 39.9 Å². The van der Waals surface area contributed by atoms with Gasteiger partial charge < -0.3 is 52.7 Å². The van der Waals surface area contributed by atoms with Crippen LogP contribution in [0.15, 0.2) is 135 Å². The number of amides is 2. The van der Waals surface area contributed by atoms with Crippen LogP contribution < -0.4 is 32.7 Å². The molecule has 8 heterocycles. The first-order chi connectivity index (χ1) is 34.3. The zero-order chi connectivity index (χ0) is 47.6. The molecule has 0 bridgehead atoms. The van der Waals surface area contributed by atoms with Crippen molar-refractivity contribution in [3.8, 4) is 20.9 Å². The van der Waals surface area contributed by atoms with E-state index in [0.29, 0.717) is 24.2 Å². The third-order valence-electron chi connectivity index (χ3n) is 12.2. The molecule has 0 aliphatic carbocycles. The van der Waals surface area contributed by atoms with Crippen molar-refractivity contribution < 1.29 is 9.59 Å². The second-order valence-electron chi connectivity index (χ2n) is 17.0. The molecule has 10 aromatic rings. The monoisotopic (exact) mass is 962 g/mol. The molecule has 0 saturated carbocycles. The second-order valence-corrected chi connectivity index (χ2v) is 19.1. The maximum Gasteiger partial charge on any atom is 0.256 e. The van der Waals surface area contributed by atoms with Gasteiger partial charge in [-0.1, -0.05) is 71.2 Å². The molecule has 0 fully saturated rings. The quantitative estimate of drug-likeness (QED) is 0.0463. The Hall–Kier alpha value is -8.42. The zero-order valence-electron chi connectivity index (χ0n) is 37.4. The Bertz CT molecular complexity index is 3330. The van der Waals surface area contributed by atoms with E-state index in [4.69, 9.17) is 11.5 Å². The SMILES string of the molecule is N[C@H](CNc1ncc(-c2ccc3c(c2)/C(=C/c2cnc[nH]2)C(=O)N3)s1)Cc1c[nH]c2ccccc12.N[C@H](CNc1ncc(-c2ccc3c(c2)/C(=C\c2cnc[nH]2)C(=O)N3)s1)Cc1c[nH]c2ccccc12. The number of nitrogens with two attached hydrogens (primary N) is 2. The number of fused-ring (bicyclic) bond motifs is 4. The number of nitrogens with zero attached hydrogens (tertiary/aromatic N) is 4. The summed E-state index contributed by atoms with van der Waals surface area (Å²) in [5.74, 6) is -0.245. The molecule has 2 aliphatic heterocycles. The van der Waals surface area contributed by atoms with E-state index in [2.05, 4.69) is 85.4 Å². The number of hydrogen-bond donors (Lipinski definition) is 10. The summed E-state index contributed by atoms with van der Waals surface area (Å²) in [7, 11) is 0. The van der Waals surface area contributed by atoms with Crippen molar-refractivity contribution in [3.05, 3.63) is 168 Å². The number of thiazole rings is 2. The summed E-state index contributed by atoms with van der Waals surface area (Å²) in [6.45, 7) is 1.23. The number of carbonyl (C=O) groups excluding carboxylic acids is 2. The Morgan fingerprint density at radius 3 is 1.47 bits per heavy atom. The predicted molar refractivity (Wildman–Crippen MR) is 282 cm³/mol. The van der Waals surface area contributed by atoms with Crippen molar-refractivity contribution in [2.45, 2.75) is 24.9 Å². The Morgan fingerprint density at radius 1 is 0.571 bits per heavy atom. The van der Waals surface area contributed by atoms with Crippen molar-refractivity contribution in [2.24, 2.45) is 11.5 Å². The van der Waals surface area contributed by atoms with Crippen LogP contribution in [0.3, 0.4) is 0 Å². The maximum atomic E-state index is 12.5. The zero-order valence-corrected chi connectivity index (χ0v) is 39.0. The predicted octanol–water partition coefficient (Wildman–Crippen LogP) is 8.98. The van der Waals surface area contributed by atoms with Gasteiger partial charge in [0.1, 0.15) is 0 Å². The lowest BCUT2D eigenvalue weighted by Gasteiger charge is -2.11. The molecular formula is C52H46N14O2S2. The molecule has 6 aromatic heterocycles. The molecule has 2 aliphatic rings. The lowest BCUT2D eigenvalue weighted by molar-refractivity contribution is -0.111. The lowest BCUT2D eigenvalue weighted by Crippen LogP contribution is -2.31. The van der Waals surface area contributed by atoms with Crippen LogP contribution in [0.1, 0.15) is 33.6 Å². The molecule has 0 saturated heterocycles. The highest BCUT2D eigenvalue weighted by atomic mass is 32.1. The average Bonchev–Trinajstić information content (AvgIpc) is 4.24. The van der Waals surface area contributed by atoms with Crippen LogP contribution in [0.5, 0.6) is 0 Å². The normalized spacial score (nSPS) is 14.9. The number of H-pyrrole nitrogens is 4. The van der Waals surface area contributed by atoms with Gasteiger partial charge in [-0.3, -0.25) is 9.59 Å².